The van der Waals surface area contributed by atoms with Crippen LogP contribution in [-0.4, -0.2) is 61.9 Å². The number of anilines is 2. The molecule has 1 fully saturated rings. The summed E-state index contributed by atoms with van der Waals surface area (Å²) in [5.74, 6) is 0.126. The first kappa shape index (κ1) is 32.8. The number of aliphatic imine (C=N–C) groups is 1. The van der Waals surface area contributed by atoms with Gasteiger partial charge < -0.3 is 20.9 Å². The number of allylic oxidation sites excluding steroid dienone is 1. The number of nitrogens with two attached hydrogens (primary N) is 1. The van der Waals surface area contributed by atoms with Crippen molar-refractivity contribution in [1.82, 2.24) is 9.80 Å². The van der Waals surface area contributed by atoms with Crippen LogP contribution in [0.5, 0.6) is 0 Å². The quantitative estimate of drug-likeness (QED) is 0.291. The fraction of sp³-hybridized carbons (Fsp3) is 0.194. The first-order chi connectivity index (χ1) is 21.3. The van der Waals surface area contributed by atoms with Gasteiger partial charge >= 0.3 is 6.18 Å². The molecule has 1 saturated heterocycles. The van der Waals surface area contributed by atoms with Gasteiger partial charge in [-0.2, -0.15) is 13.2 Å². The summed E-state index contributed by atoms with van der Waals surface area (Å²) >= 11 is 0. The lowest BCUT2D eigenvalue weighted by Gasteiger charge is -2.34. The third-order valence-electron chi connectivity index (χ3n) is 6.87. The molecular weight excluding hydrogens is 609 g/mol. The molecule has 3 aromatic rings. The number of carbonyl (C=O) groups is 2. The lowest BCUT2D eigenvalue weighted by atomic mass is 10.1. The van der Waals surface area contributed by atoms with Crippen LogP contribution in [0, 0.1) is 0 Å². The van der Waals surface area contributed by atoms with E-state index in [4.69, 9.17) is 5.73 Å². The monoisotopic (exact) mass is 640 g/mol. The van der Waals surface area contributed by atoms with Crippen LogP contribution in [0.1, 0.15) is 28.4 Å². The average Bonchev–Trinajstić information content (AvgIpc) is 3.01. The Hall–Kier alpha value is -5.11. The Morgan fingerprint density at radius 1 is 0.867 bits per heavy atom. The van der Waals surface area contributed by atoms with Crippen LogP contribution in [0.4, 0.5) is 24.5 Å². The molecule has 0 aliphatic carbocycles. The van der Waals surface area contributed by atoms with Crippen molar-refractivity contribution in [3.8, 4) is 0 Å². The largest absolute Gasteiger partial charge is 0.416 e. The van der Waals surface area contributed by atoms with Crippen LogP contribution in [-0.2, 0) is 21.0 Å². The number of rotatable bonds is 9. The predicted octanol–water partition coefficient (Wildman–Crippen LogP) is 4.66. The molecule has 10 nitrogen and oxygen atoms in total. The van der Waals surface area contributed by atoms with Crippen molar-refractivity contribution in [2.75, 3.05) is 36.2 Å². The van der Waals surface area contributed by atoms with E-state index in [-0.39, 0.29) is 28.2 Å². The van der Waals surface area contributed by atoms with Crippen LogP contribution in [0.3, 0.4) is 0 Å². The summed E-state index contributed by atoms with van der Waals surface area (Å²) < 4.78 is 66.1. The van der Waals surface area contributed by atoms with Crippen molar-refractivity contribution in [2.45, 2.75) is 18.0 Å². The van der Waals surface area contributed by atoms with Gasteiger partial charge in [-0.05, 0) is 72.9 Å². The van der Waals surface area contributed by atoms with E-state index in [0.717, 1.165) is 12.1 Å². The van der Waals surface area contributed by atoms with E-state index < -0.39 is 21.8 Å². The standard InChI is InChI=1S/C31H31F3N6O4S/c1-21(36-26-9-5-24(6-10-26)30(42)40-19-17-39(18-20-40)22(2)41)37-29(15-16-35)23-3-11-27(12-4-23)38-45(43,44)28-13-7-25(8-14-28)31(32,33)34/h3-16,36,38H,1,17-20,35H2,2H3/b16-15-,37-29+. The highest BCUT2D eigenvalue weighted by atomic mass is 32.2. The Labute approximate surface area is 258 Å². The van der Waals surface area contributed by atoms with Crippen LogP contribution in [0.25, 0.3) is 0 Å². The number of sulfonamides is 1. The number of halogens is 3. The second kappa shape index (κ2) is 13.7. The molecule has 0 bridgehead atoms. The van der Waals surface area contributed by atoms with E-state index in [0.29, 0.717) is 60.8 Å². The Morgan fingerprint density at radius 2 is 1.40 bits per heavy atom. The van der Waals surface area contributed by atoms with Gasteiger partial charge in [0.15, 0.2) is 0 Å². The van der Waals surface area contributed by atoms with Gasteiger partial charge in [0.05, 0.1) is 16.2 Å². The molecule has 0 spiro atoms. The zero-order valence-corrected chi connectivity index (χ0v) is 25.0. The molecule has 2 amide bonds. The molecule has 0 unspecified atom stereocenters. The highest BCUT2D eigenvalue weighted by Crippen LogP contribution is 2.30. The van der Waals surface area contributed by atoms with Crippen molar-refractivity contribution in [3.63, 3.8) is 0 Å². The molecule has 1 aliphatic heterocycles. The van der Waals surface area contributed by atoms with E-state index in [9.17, 15) is 31.2 Å². The predicted molar refractivity (Wildman–Crippen MR) is 166 cm³/mol. The summed E-state index contributed by atoms with van der Waals surface area (Å²) in [5, 5.41) is 3.05. The molecule has 1 aliphatic rings. The maximum absolute atomic E-state index is 12.9. The summed E-state index contributed by atoms with van der Waals surface area (Å²) in [6.07, 6.45) is -1.77. The normalized spacial score (nSPS) is 14.4. The van der Waals surface area contributed by atoms with Crippen LogP contribution >= 0.6 is 0 Å². The van der Waals surface area contributed by atoms with Gasteiger partial charge in [-0.3, -0.25) is 14.3 Å². The van der Waals surface area contributed by atoms with E-state index >= 15 is 0 Å². The number of benzene rings is 3. The van der Waals surface area contributed by atoms with E-state index in [1.54, 1.807) is 46.2 Å². The topological polar surface area (TPSA) is 137 Å². The molecular formula is C31H31F3N6O4S. The molecule has 0 radical (unpaired) electrons. The van der Waals surface area contributed by atoms with E-state index in [1.807, 2.05) is 0 Å². The van der Waals surface area contributed by atoms with E-state index in [2.05, 4.69) is 21.6 Å². The second-order valence-corrected chi connectivity index (χ2v) is 11.7. The molecule has 0 aromatic heterocycles. The van der Waals surface area contributed by atoms with Gasteiger partial charge in [0.25, 0.3) is 15.9 Å². The number of hydrogen-bond acceptors (Lipinski definition) is 7. The maximum Gasteiger partial charge on any atom is 0.416 e. The molecule has 4 rings (SSSR count). The molecule has 4 N–H and O–H groups in total. The molecule has 236 valence electrons. The van der Waals surface area contributed by atoms with Crippen LogP contribution in [0.2, 0.25) is 0 Å². The Balaban J connectivity index is 1.39. The molecule has 1 heterocycles. The van der Waals surface area contributed by atoms with Crippen molar-refractivity contribution in [2.24, 2.45) is 10.7 Å². The van der Waals surface area contributed by atoms with Gasteiger partial charge in [-0.25, -0.2) is 13.4 Å². The minimum atomic E-state index is -4.58. The molecule has 14 heteroatoms. The van der Waals surface area contributed by atoms with Gasteiger partial charge in [-0.1, -0.05) is 18.7 Å². The average molecular weight is 641 g/mol. The zero-order chi connectivity index (χ0) is 32.8. The lowest BCUT2D eigenvalue weighted by molar-refractivity contribution is -0.137. The minimum Gasteiger partial charge on any atom is -0.405 e. The second-order valence-electron chi connectivity index (χ2n) is 10.0. The van der Waals surface area contributed by atoms with Crippen molar-refractivity contribution >= 4 is 38.9 Å². The van der Waals surface area contributed by atoms with Crippen molar-refractivity contribution < 1.29 is 31.2 Å². The minimum absolute atomic E-state index is 0.00942. The fourth-order valence-corrected chi connectivity index (χ4v) is 5.54. The number of amides is 2. The summed E-state index contributed by atoms with van der Waals surface area (Å²) in [5.41, 5.74) is 6.95. The highest BCUT2D eigenvalue weighted by molar-refractivity contribution is 7.92. The summed E-state index contributed by atoms with van der Waals surface area (Å²) in [6.45, 7) is 7.37. The molecule has 0 atom stereocenters. The van der Waals surface area contributed by atoms with E-state index in [1.165, 1.54) is 31.3 Å². The first-order valence-electron chi connectivity index (χ1n) is 13.6. The number of alkyl halides is 3. The Morgan fingerprint density at radius 3 is 1.93 bits per heavy atom. The third kappa shape index (κ3) is 8.50. The third-order valence-corrected chi connectivity index (χ3v) is 8.26. The number of nitrogens with one attached hydrogen (secondary N) is 2. The maximum atomic E-state index is 12.9. The van der Waals surface area contributed by atoms with Gasteiger partial charge in [-0.15, -0.1) is 0 Å². The number of carbonyl (C=O) groups excluding carboxylic acids is 2. The molecule has 0 saturated carbocycles. The zero-order valence-electron chi connectivity index (χ0n) is 24.2. The summed E-state index contributed by atoms with van der Waals surface area (Å²) in [4.78, 5) is 32.0. The summed E-state index contributed by atoms with van der Waals surface area (Å²) in [6, 6.07) is 16.1. The number of nitrogens with zero attached hydrogens (tertiary/aromatic N) is 3. The van der Waals surface area contributed by atoms with Crippen LogP contribution in [0.15, 0.2) is 107 Å². The Kier molecular flexibility index (Phi) is 9.97. The van der Waals surface area contributed by atoms with Crippen molar-refractivity contribution in [3.05, 3.63) is 114 Å². The Bertz CT molecular complexity index is 1710. The highest BCUT2D eigenvalue weighted by Gasteiger charge is 2.30. The van der Waals surface area contributed by atoms with Crippen molar-refractivity contribution in [1.29, 1.82) is 0 Å². The SMILES string of the molecule is C=C(/N=C(\C=C/N)c1ccc(NS(=O)(=O)c2ccc(C(F)(F)F)cc2)cc1)Nc1ccc(C(=O)N2CCN(C(C)=O)CC2)cc1. The first-order valence-corrected chi connectivity index (χ1v) is 15.1. The summed E-state index contributed by atoms with van der Waals surface area (Å²) in [7, 11) is -4.14. The fourth-order valence-electron chi connectivity index (χ4n) is 4.48. The van der Waals surface area contributed by atoms with Crippen LogP contribution < -0.4 is 15.8 Å². The van der Waals surface area contributed by atoms with Gasteiger partial charge in [0.1, 0.15) is 5.82 Å². The molecule has 3 aromatic carbocycles. The number of hydrogen-bond donors (Lipinski definition) is 3. The lowest BCUT2D eigenvalue weighted by Crippen LogP contribution is -2.50. The smallest absolute Gasteiger partial charge is 0.405 e. The van der Waals surface area contributed by atoms with Gasteiger partial charge in [0, 0.05) is 55.6 Å². The molecule has 45 heavy (non-hydrogen) atoms. The number of piperazine rings is 1. The van der Waals surface area contributed by atoms with Gasteiger partial charge in [0.2, 0.25) is 5.91 Å².